The molecule has 0 aromatic heterocycles. The summed E-state index contributed by atoms with van der Waals surface area (Å²) in [5.41, 5.74) is 9.96. The van der Waals surface area contributed by atoms with E-state index in [-0.39, 0.29) is 6.54 Å². The molecule has 26 heavy (non-hydrogen) atoms. The molecule has 9 N–H and O–H groups in total. The van der Waals surface area contributed by atoms with Crippen molar-refractivity contribution in [3.05, 3.63) is 0 Å². The minimum Gasteiger partial charge on any atom is -0.481 e. The van der Waals surface area contributed by atoms with Crippen LogP contribution >= 0.6 is 0 Å². The van der Waals surface area contributed by atoms with E-state index in [1.165, 1.54) is 6.92 Å². The summed E-state index contributed by atoms with van der Waals surface area (Å²) in [4.78, 5) is 67.9. The molecule has 146 valence electrons. The highest BCUT2D eigenvalue weighted by Gasteiger charge is 2.30. The first-order valence-corrected chi connectivity index (χ1v) is 7.31. The van der Waals surface area contributed by atoms with Crippen LogP contribution in [0.1, 0.15) is 19.8 Å². The van der Waals surface area contributed by atoms with E-state index in [0.29, 0.717) is 0 Å². The number of aliphatic carboxylic acids is 2. The summed E-state index contributed by atoms with van der Waals surface area (Å²) in [5.74, 6) is -6.72. The number of hydrogen-bond acceptors (Lipinski definition) is 7. The van der Waals surface area contributed by atoms with E-state index in [0.717, 1.165) is 0 Å². The SMILES string of the molecule is CC(NC(=O)CN)C(=O)NC(CC(=O)O)C(=O)NC(CC(N)=O)C(=O)O. The van der Waals surface area contributed by atoms with Crippen molar-refractivity contribution in [3.63, 3.8) is 0 Å². The Morgan fingerprint density at radius 3 is 1.85 bits per heavy atom. The average molecular weight is 375 g/mol. The molecule has 0 heterocycles. The van der Waals surface area contributed by atoms with E-state index in [4.69, 9.17) is 21.7 Å². The van der Waals surface area contributed by atoms with Crippen LogP contribution < -0.4 is 27.4 Å². The van der Waals surface area contributed by atoms with Crippen LogP contribution in [0.3, 0.4) is 0 Å². The van der Waals surface area contributed by atoms with E-state index in [2.05, 4.69) is 10.6 Å². The van der Waals surface area contributed by atoms with Crippen LogP contribution in [0.15, 0.2) is 0 Å². The quantitative estimate of drug-likeness (QED) is 0.185. The summed E-state index contributed by atoms with van der Waals surface area (Å²) in [7, 11) is 0. The van der Waals surface area contributed by atoms with Crippen molar-refractivity contribution in [2.24, 2.45) is 11.5 Å². The molecular weight excluding hydrogens is 354 g/mol. The van der Waals surface area contributed by atoms with Crippen molar-refractivity contribution >= 4 is 35.6 Å². The van der Waals surface area contributed by atoms with E-state index in [1.54, 1.807) is 0 Å². The summed E-state index contributed by atoms with van der Waals surface area (Å²) >= 11 is 0. The Hall–Kier alpha value is -3.22. The number of hydrogen-bond donors (Lipinski definition) is 7. The lowest BCUT2D eigenvalue weighted by atomic mass is 10.1. The molecule has 0 aliphatic rings. The first-order chi connectivity index (χ1) is 12.0. The Bertz CT molecular complexity index is 593. The van der Waals surface area contributed by atoms with Crippen molar-refractivity contribution in [2.75, 3.05) is 6.54 Å². The van der Waals surface area contributed by atoms with Gasteiger partial charge in [0.15, 0.2) is 0 Å². The van der Waals surface area contributed by atoms with Crippen LogP contribution in [0.4, 0.5) is 0 Å². The lowest BCUT2D eigenvalue weighted by molar-refractivity contribution is -0.144. The molecule has 0 aromatic carbocycles. The lowest BCUT2D eigenvalue weighted by Gasteiger charge is -2.21. The molecule has 0 fully saturated rings. The lowest BCUT2D eigenvalue weighted by Crippen LogP contribution is -2.56. The van der Waals surface area contributed by atoms with Gasteiger partial charge in [0.05, 0.1) is 19.4 Å². The molecule has 0 aromatic rings. The molecule has 13 nitrogen and oxygen atoms in total. The molecule has 0 rings (SSSR count). The molecule has 0 saturated heterocycles. The van der Waals surface area contributed by atoms with Gasteiger partial charge in [-0.15, -0.1) is 0 Å². The molecule has 3 atom stereocenters. The Balaban J connectivity index is 5.11. The number of carboxylic acids is 2. The first-order valence-electron chi connectivity index (χ1n) is 7.31. The standard InChI is InChI=1S/C13H21N5O8/c1-5(16-9(20)4-14)11(23)17-6(3-10(21)22)12(24)18-7(13(25)26)2-8(15)19/h5-7H,2-4,14H2,1H3,(H2,15,19)(H,16,20)(H,17,23)(H,18,24)(H,21,22)(H,25,26). The average Bonchev–Trinajstić information content (AvgIpc) is 2.52. The Morgan fingerprint density at radius 1 is 0.885 bits per heavy atom. The van der Waals surface area contributed by atoms with Gasteiger partial charge >= 0.3 is 11.9 Å². The number of carbonyl (C=O) groups is 6. The predicted molar refractivity (Wildman–Crippen MR) is 84.2 cm³/mol. The predicted octanol–water partition coefficient (Wildman–Crippen LogP) is -4.15. The second kappa shape index (κ2) is 10.6. The van der Waals surface area contributed by atoms with Crippen molar-refractivity contribution in [2.45, 2.75) is 37.9 Å². The van der Waals surface area contributed by atoms with E-state index in [1.807, 2.05) is 5.32 Å². The fourth-order valence-electron chi connectivity index (χ4n) is 1.72. The van der Waals surface area contributed by atoms with Gasteiger partial charge in [-0.3, -0.25) is 24.0 Å². The van der Waals surface area contributed by atoms with Gasteiger partial charge in [-0.05, 0) is 6.92 Å². The first kappa shape index (κ1) is 22.8. The summed E-state index contributed by atoms with van der Waals surface area (Å²) < 4.78 is 0. The molecule has 0 aliphatic heterocycles. The minimum atomic E-state index is -1.69. The summed E-state index contributed by atoms with van der Waals surface area (Å²) in [6.45, 7) is 0.885. The topological polar surface area (TPSA) is 231 Å². The fourth-order valence-corrected chi connectivity index (χ4v) is 1.72. The van der Waals surface area contributed by atoms with Crippen LogP contribution in [0.25, 0.3) is 0 Å². The Labute approximate surface area is 147 Å². The highest BCUT2D eigenvalue weighted by Crippen LogP contribution is 1.99. The molecule has 0 spiro atoms. The van der Waals surface area contributed by atoms with Crippen LogP contribution in [0.5, 0.6) is 0 Å². The normalized spacial score (nSPS) is 13.6. The zero-order chi connectivity index (χ0) is 20.4. The van der Waals surface area contributed by atoms with Crippen LogP contribution in [-0.4, -0.2) is 70.5 Å². The number of nitrogens with one attached hydrogen (secondary N) is 3. The molecule has 13 heteroatoms. The van der Waals surface area contributed by atoms with E-state index < -0.39 is 66.5 Å². The van der Waals surface area contributed by atoms with Gasteiger partial charge in [0, 0.05) is 0 Å². The summed E-state index contributed by atoms with van der Waals surface area (Å²) in [5, 5.41) is 24.0. The number of nitrogens with two attached hydrogens (primary N) is 2. The van der Waals surface area contributed by atoms with Gasteiger partial charge in [-0.2, -0.15) is 0 Å². The largest absolute Gasteiger partial charge is 0.481 e. The van der Waals surface area contributed by atoms with Gasteiger partial charge in [-0.25, -0.2) is 4.79 Å². The Kier molecular flexibility index (Phi) is 9.29. The van der Waals surface area contributed by atoms with Gasteiger partial charge < -0.3 is 37.6 Å². The number of amides is 4. The van der Waals surface area contributed by atoms with Gasteiger partial charge in [0.2, 0.25) is 23.6 Å². The smallest absolute Gasteiger partial charge is 0.326 e. The zero-order valence-corrected chi connectivity index (χ0v) is 13.9. The van der Waals surface area contributed by atoms with Crippen molar-refractivity contribution < 1.29 is 39.0 Å². The van der Waals surface area contributed by atoms with E-state index >= 15 is 0 Å². The molecular formula is C13H21N5O8. The van der Waals surface area contributed by atoms with Crippen molar-refractivity contribution in [1.82, 2.24) is 16.0 Å². The van der Waals surface area contributed by atoms with Crippen molar-refractivity contribution in [1.29, 1.82) is 0 Å². The maximum absolute atomic E-state index is 12.1. The molecule has 3 unspecified atom stereocenters. The van der Waals surface area contributed by atoms with Gasteiger partial charge in [0.25, 0.3) is 0 Å². The van der Waals surface area contributed by atoms with Crippen LogP contribution in [0.2, 0.25) is 0 Å². The monoisotopic (exact) mass is 375 g/mol. The van der Waals surface area contributed by atoms with E-state index in [9.17, 15) is 28.8 Å². The van der Waals surface area contributed by atoms with Gasteiger partial charge in [0.1, 0.15) is 18.1 Å². The third kappa shape index (κ3) is 8.58. The number of carbonyl (C=O) groups excluding carboxylic acids is 4. The van der Waals surface area contributed by atoms with Gasteiger partial charge in [-0.1, -0.05) is 0 Å². The maximum Gasteiger partial charge on any atom is 0.326 e. The number of rotatable bonds is 11. The Morgan fingerprint density at radius 2 is 1.42 bits per heavy atom. The highest BCUT2D eigenvalue weighted by atomic mass is 16.4. The third-order valence-corrected chi connectivity index (χ3v) is 2.99. The molecule has 0 bridgehead atoms. The third-order valence-electron chi connectivity index (χ3n) is 2.99. The number of primary amides is 1. The van der Waals surface area contributed by atoms with Crippen molar-refractivity contribution in [3.8, 4) is 0 Å². The molecule has 0 saturated carbocycles. The molecule has 4 amide bonds. The fraction of sp³-hybridized carbons (Fsp3) is 0.538. The second-order valence-corrected chi connectivity index (χ2v) is 5.22. The maximum atomic E-state index is 12.1. The summed E-state index contributed by atoms with van der Waals surface area (Å²) in [6, 6.07) is -4.47. The van der Waals surface area contributed by atoms with Crippen LogP contribution in [-0.2, 0) is 28.8 Å². The minimum absolute atomic E-state index is 0.385. The molecule has 0 aliphatic carbocycles. The van der Waals surface area contributed by atoms with Crippen LogP contribution in [0, 0.1) is 0 Å². The zero-order valence-electron chi connectivity index (χ0n) is 13.9. The molecule has 0 radical (unpaired) electrons. The second-order valence-electron chi connectivity index (χ2n) is 5.22. The summed E-state index contributed by atoms with van der Waals surface area (Å²) in [6.07, 6.45) is -1.59. The number of carboxylic acid groups (broad SMARTS) is 2. The highest BCUT2D eigenvalue weighted by molar-refractivity contribution is 5.95.